The van der Waals surface area contributed by atoms with Gasteiger partial charge in [-0.2, -0.15) is 0 Å². The molecule has 0 aliphatic carbocycles. The van der Waals surface area contributed by atoms with Crippen molar-refractivity contribution in [3.8, 4) is 0 Å². The van der Waals surface area contributed by atoms with Crippen LogP contribution in [-0.2, 0) is 20.6 Å². The maximum atomic E-state index is 11.8. The minimum absolute atomic E-state index is 0.182. The van der Waals surface area contributed by atoms with Crippen LogP contribution in [0.15, 0.2) is 0 Å². The Hall–Kier alpha value is -0.660. The lowest BCUT2D eigenvalue weighted by molar-refractivity contribution is 0.0278. The Morgan fingerprint density at radius 1 is 1.50 bits per heavy atom. The maximum absolute atomic E-state index is 11.8. The second-order valence-electron chi connectivity index (χ2n) is 5.37. The number of hydrogen-bond donors (Lipinski definition) is 0. The molecule has 1 saturated heterocycles. The highest BCUT2D eigenvalue weighted by molar-refractivity contribution is 7.78. The van der Waals surface area contributed by atoms with Crippen molar-refractivity contribution >= 4 is 17.2 Å². The van der Waals surface area contributed by atoms with Gasteiger partial charge in [-0.05, 0) is 38.3 Å². The predicted molar refractivity (Wildman–Crippen MR) is 65.7 cm³/mol. The van der Waals surface area contributed by atoms with Gasteiger partial charge in [-0.1, -0.05) is 0 Å². The molecule has 0 aromatic carbocycles. The highest BCUT2D eigenvalue weighted by Gasteiger charge is 2.29. The molecule has 0 radical (unpaired) electrons. The van der Waals surface area contributed by atoms with E-state index in [9.17, 15) is 13.6 Å². The van der Waals surface area contributed by atoms with Crippen molar-refractivity contribution < 1.29 is 23.0 Å². The number of rotatable bonds is 4. The lowest BCUT2D eigenvalue weighted by atomic mass is 10.1. The lowest BCUT2D eigenvalue weighted by Crippen LogP contribution is -2.35. The van der Waals surface area contributed by atoms with Gasteiger partial charge in [0.1, 0.15) is 11.5 Å². The summed E-state index contributed by atoms with van der Waals surface area (Å²) in [6.45, 7) is 7.01. The van der Waals surface area contributed by atoms with E-state index < -0.39 is 16.7 Å². The molecule has 0 aromatic rings. The number of carbonyl (C=O) groups excluding carboxylic acids is 1. The van der Waals surface area contributed by atoms with E-state index >= 15 is 0 Å². The van der Waals surface area contributed by atoms with E-state index in [1.54, 1.807) is 4.90 Å². The van der Waals surface area contributed by atoms with Gasteiger partial charge in [-0.15, -0.1) is 0 Å². The van der Waals surface area contributed by atoms with E-state index in [2.05, 4.69) is 0 Å². The first kappa shape index (κ1) is 15.4. The molecule has 0 spiro atoms. The van der Waals surface area contributed by atoms with Crippen LogP contribution in [0.5, 0.6) is 0 Å². The topological polar surface area (TPSA) is 78.9 Å². The Kier molecular flexibility index (Phi) is 5.55. The van der Waals surface area contributed by atoms with Crippen LogP contribution in [0, 0.1) is 5.92 Å². The van der Waals surface area contributed by atoms with E-state index in [-0.39, 0.29) is 18.0 Å². The van der Waals surface area contributed by atoms with Crippen molar-refractivity contribution in [3.05, 3.63) is 0 Å². The summed E-state index contributed by atoms with van der Waals surface area (Å²) in [4.78, 5) is 13.4. The fourth-order valence-corrected chi connectivity index (χ4v) is 1.98. The minimum atomic E-state index is -2.17. The molecule has 106 valence electrons. The molecule has 0 bridgehead atoms. The summed E-state index contributed by atoms with van der Waals surface area (Å²) in [5, 5.41) is 0. The fourth-order valence-electron chi connectivity index (χ4n) is 1.74. The van der Waals surface area contributed by atoms with Gasteiger partial charge in [0.25, 0.3) is 0 Å². The Morgan fingerprint density at radius 2 is 2.17 bits per heavy atom. The molecule has 6 nitrogen and oxygen atoms in total. The highest BCUT2D eigenvalue weighted by atomic mass is 32.2. The molecular formula is C11H20NO5S-. The Balaban J connectivity index is 2.28. The Labute approximate surface area is 110 Å². The summed E-state index contributed by atoms with van der Waals surface area (Å²) in [6, 6.07) is 0. The van der Waals surface area contributed by atoms with Crippen LogP contribution >= 0.6 is 0 Å². The van der Waals surface area contributed by atoms with Crippen molar-refractivity contribution in [2.24, 2.45) is 5.92 Å². The molecule has 7 heteroatoms. The number of amides is 1. The zero-order valence-electron chi connectivity index (χ0n) is 11.0. The SMILES string of the molecule is CC(C)(C)OC(=O)N1CC[C@H](COCS(=O)[O-])C1. The van der Waals surface area contributed by atoms with Crippen molar-refractivity contribution in [1.82, 2.24) is 4.90 Å². The van der Waals surface area contributed by atoms with Crippen LogP contribution in [0.25, 0.3) is 0 Å². The summed E-state index contributed by atoms with van der Waals surface area (Å²) in [6.07, 6.45) is 0.488. The van der Waals surface area contributed by atoms with Gasteiger partial charge in [-0.25, -0.2) is 4.79 Å². The average molecular weight is 278 g/mol. The molecule has 1 aliphatic heterocycles. The summed E-state index contributed by atoms with van der Waals surface area (Å²) < 4.78 is 30.9. The van der Waals surface area contributed by atoms with Gasteiger partial charge in [0.05, 0.1) is 6.61 Å². The first-order valence-electron chi connectivity index (χ1n) is 5.89. The Bertz CT molecular complexity index is 315. The van der Waals surface area contributed by atoms with Crippen LogP contribution < -0.4 is 0 Å². The number of hydrogen-bond acceptors (Lipinski definition) is 5. The molecule has 0 N–H and O–H groups in total. The minimum Gasteiger partial charge on any atom is -0.771 e. The highest BCUT2D eigenvalue weighted by Crippen LogP contribution is 2.19. The monoisotopic (exact) mass is 278 g/mol. The molecule has 1 amide bonds. The molecular weight excluding hydrogens is 258 g/mol. The summed E-state index contributed by atoms with van der Waals surface area (Å²) >= 11 is -2.17. The van der Waals surface area contributed by atoms with Gasteiger partial charge >= 0.3 is 6.09 Å². The van der Waals surface area contributed by atoms with Crippen LogP contribution in [0.1, 0.15) is 27.2 Å². The van der Waals surface area contributed by atoms with Gasteiger partial charge in [-0.3, -0.25) is 4.21 Å². The van der Waals surface area contributed by atoms with Crippen LogP contribution in [-0.4, -0.2) is 51.0 Å². The fraction of sp³-hybridized carbons (Fsp3) is 0.909. The van der Waals surface area contributed by atoms with Gasteiger partial charge in [0.15, 0.2) is 0 Å². The van der Waals surface area contributed by atoms with Gasteiger partial charge < -0.3 is 18.9 Å². The first-order chi connectivity index (χ1) is 8.28. The number of carbonyl (C=O) groups is 1. The molecule has 1 aliphatic rings. The normalized spacial score (nSPS) is 22.0. The number of likely N-dealkylation sites (tertiary alicyclic amines) is 1. The van der Waals surface area contributed by atoms with Crippen molar-refractivity contribution in [2.75, 3.05) is 25.6 Å². The first-order valence-corrected chi connectivity index (χ1v) is 7.14. The maximum Gasteiger partial charge on any atom is 0.410 e. The van der Waals surface area contributed by atoms with Crippen molar-refractivity contribution in [3.63, 3.8) is 0 Å². The molecule has 1 unspecified atom stereocenters. The predicted octanol–water partition coefficient (Wildman–Crippen LogP) is 1.10. The molecule has 2 atom stereocenters. The molecule has 18 heavy (non-hydrogen) atoms. The molecule has 1 rings (SSSR count). The third-order valence-corrected chi connectivity index (χ3v) is 2.83. The van der Waals surface area contributed by atoms with E-state index in [4.69, 9.17) is 9.47 Å². The standard InChI is InChI=1S/C11H21NO5S/c1-11(2,3)17-10(13)12-5-4-9(6-12)7-16-8-18(14)15/h9H,4-8H2,1-3H3,(H,14,15)/p-1/t9-/m0/s1. The zero-order chi connectivity index (χ0) is 13.8. The smallest absolute Gasteiger partial charge is 0.410 e. The van der Waals surface area contributed by atoms with Crippen molar-refractivity contribution in [1.29, 1.82) is 0 Å². The second-order valence-corrected chi connectivity index (χ2v) is 6.22. The summed E-state index contributed by atoms with van der Waals surface area (Å²) in [5.41, 5.74) is -0.495. The third-order valence-electron chi connectivity index (χ3n) is 2.47. The summed E-state index contributed by atoms with van der Waals surface area (Å²) in [7, 11) is 0. The summed E-state index contributed by atoms with van der Waals surface area (Å²) in [5.74, 6) is -0.107. The Morgan fingerprint density at radius 3 is 2.72 bits per heavy atom. The zero-order valence-corrected chi connectivity index (χ0v) is 11.8. The van der Waals surface area contributed by atoms with E-state index in [1.807, 2.05) is 20.8 Å². The van der Waals surface area contributed by atoms with E-state index in [1.165, 1.54) is 0 Å². The van der Waals surface area contributed by atoms with Crippen molar-refractivity contribution in [2.45, 2.75) is 32.8 Å². The van der Waals surface area contributed by atoms with Gasteiger partial charge in [0, 0.05) is 19.0 Å². The largest absolute Gasteiger partial charge is 0.771 e. The molecule has 0 aromatic heterocycles. The van der Waals surface area contributed by atoms with E-state index in [0.717, 1.165) is 6.42 Å². The van der Waals surface area contributed by atoms with E-state index in [0.29, 0.717) is 19.7 Å². The average Bonchev–Trinajstić information content (AvgIpc) is 2.63. The molecule has 0 saturated carbocycles. The van der Waals surface area contributed by atoms with Crippen LogP contribution in [0.4, 0.5) is 4.79 Å². The lowest BCUT2D eigenvalue weighted by Gasteiger charge is -2.24. The third kappa shape index (κ3) is 5.79. The van der Waals surface area contributed by atoms with Gasteiger partial charge in [0.2, 0.25) is 0 Å². The number of nitrogens with zero attached hydrogens (tertiary/aromatic N) is 1. The van der Waals surface area contributed by atoms with Crippen LogP contribution in [0.3, 0.4) is 0 Å². The second kappa shape index (κ2) is 6.49. The van der Waals surface area contributed by atoms with Crippen LogP contribution in [0.2, 0.25) is 0 Å². The number of ether oxygens (including phenoxy) is 2. The quantitative estimate of drug-likeness (QED) is 0.719. The molecule has 1 heterocycles. The molecule has 1 fully saturated rings.